The highest BCUT2D eigenvalue weighted by molar-refractivity contribution is 6.05. The van der Waals surface area contributed by atoms with Gasteiger partial charge in [0, 0.05) is 36.0 Å². The number of nitrogens with zero attached hydrogens (tertiary/aromatic N) is 2. The summed E-state index contributed by atoms with van der Waals surface area (Å²) in [6.45, 7) is 1.93. The van der Waals surface area contributed by atoms with Crippen LogP contribution in [0.1, 0.15) is 16.1 Å². The molecule has 0 bridgehead atoms. The standard InChI is InChI=1S/C22H21N3O6/c26-14-18-5-7-21(31-18)15-2-1-3-17(12-15)23-22(27)16-4-6-19(20(13-16)25(28)29)24-8-10-30-11-9-24/h1-7,12-13,26H,8-11,14H2,(H,23,27). The van der Waals surface area contributed by atoms with Crippen molar-refractivity contribution in [1.82, 2.24) is 0 Å². The number of nitrogens with one attached hydrogen (secondary N) is 1. The van der Waals surface area contributed by atoms with Crippen molar-refractivity contribution < 1.29 is 24.0 Å². The summed E-state index contributed by atoms with van der Waals surface area (Å²) >= 11 is 0. The van der Waals surface area contributed by atoms with Crippen molar-refractivity contribution in [3.63, 3.8) is 0 Å². The molecule has 1 saturated heterocycles. The fourth-order valence-electron chi connectivity index (χ4n) is 3.45. The molecule has 0 unspecified atom stereocenters. The van der Waals surface area contributed by atoms with Crippen molar-refractivity contribution in [1.29, 1.82) is 0 Å². The second-order valence-corrected chi connectivity index (χ2v) is 7.02. The van der Waals surface area contributed by atoms with Gasteiger partial charge in [-0.05, 0) is 36.4 Å². The first kappa shape index (κ1) is 20.6. The Bertz CT molecular complexity index is 1100. The third-order valence-corrected chi connectivity index (χ3v) is 5.01. The smallest absolute Gasteiger partial charge is 0.293 e. The fourth-order valence-corrected chi connectivity index (χ4v) is 3.45. The van der Waals surface area contributed by atoms with Gasteiger partial charge in [-0.1, -0.05) is 12.1 Å². The minimum absolute atomic E-state index is 0.115. The molecule has 1 aliphatic heterocycles. The molecule has 9 heteroatoms. The molecule has 0 saturated carbocycles. The number of furan rings is 1. The van der Waals surface area contributed by atoms with Crippen LogP contribution < -0.4 is 10.2 Å². The van der Waals surface area contributed by atoms with Crippen molar-refractivity contribution in [3.8, 4) is 11.3 Å². The molecule has 0 radical (unpaired) electrons. The van der Waals surface area contributed by atoms with Crippen molar-refractivity contribution in [2.45, 2.75) is 6.61 Å². The molecule has 0 spiro atoms. The van der Waals surface area contributed by atoms with Crippen molar-refractivity contribution in [2.24, 2.45) is 0 Å². The number of amides is 1. The van der Waals surface area contributed by atoms with Crippen molar-refractivity contribution in [2.75, 3.05) is 36.5 Å². The maximum absolute atomic E-state index is 12.8. The molecule has 2 heterocycles. The number of hydrogen-bond acceptors (Lipinski definition) is 7. The van der Waals surface area contributed by atoms with E-state index in [2.05, 4.69) is 5.32 Å². The number of aliphatic hydroxyl groups excluding tert-OH is 1. The summed E-state index contributed by atoms with van der Waals surface area (Å²) in [5.41, 5.74) is 1.80. The van der Waals surface area contributed by atoms with E-state index in [0.717, 1.165) is 5.56 Å². The molecule has 2 aromatic carbocycles. The molecule has 1 fully saturated rings. The van der Waals surface area contributed by atoms with Gasteiger partial charge in [0.25, 0.3) is 11.6 Å². The van der Waals surface area contributed by atoms with Crippen LogP contribution in [0, 0.1) is 10.1 Å². The molecule has 2 N–H and O–H groups in total. The molecule has 1 amide bonds. The van der Waals surface area contributed by atoms with E-state index in [4.69, 9.17) is 14.3 Å². The number of morpholine rings is 1. The monoisotopic (exact) mass is 423 g/mol. The van der Waals surface area contributed by atoms with Crippen LogP contribution in [-0.2, 0) is 11.3 Å². The highest BCUT2D eigenvalue weighted by atomic mass is 16.6. The third kappa shape index (κ3) is 4.57. The first-order chi connectivity index (χ1) is 15.0. The van der Waals surface area contributed by atoms with Crippen LogP contribution in [0.25, 0.3) is 11.3 Å². The predicted molar refractivity (Wildman–Crippen MR) is 114 cm³/mol. The van der Waals surface area contributed by atoms with Gasteiger partial charge in [0.15, 0.2) is 0 Å². The molecular weight excluding hydrogens is 402 g/mol. The van der Waals surface area contributed by atoms with Gasteiger partial charge in [-0.2, -0.15) is 0 Å². The summed E-state index contributed by atoms with van der Waals surface area (Å²) < 4.78 is 10.8. The lowest BCUT2D eigenvalue weighted by atomic mass is 10.1. The molecule has 31 heavy (non-hydrogen) atoms. The summed E-state index contributed by atoms with van der Waals surface area (Å²) in [5.74, 6) is 0.548. The Labute approximate surface area is 178 Å². The SMILES string of the molecule is O=C(Nc1cccc(-c2ccc(CO)o2)c1)c1ccc(N2CCOCC2)c([N+](=O)[O-])c1. The number of hydrogen-bond donors (Lipinski definition) is 2. The largest absolute Gasteiger partial charge is 0.459 e. The Balaban J connectivity index is 1.55. The van der Waals surface area contributed by atoms with Crippen molar-refractivity contribution >= 4 is 23.0 Å². The maximum atomic E-state index is 12.8. The molecule has 0 atom stereocenters. The van der Waals surface area contributed by atoms with E-state index in [9.17, 15) is 14.9 Å². The van der Waals surface area contributed by atoms with E-state index in [1.54, 1.807) is 42.5 Å². The van der Waals surface area contributed by atoms with Crippen LogP contribution in [0.2, 0.25) is 0 Å². The van der Waals surface area contributed by atoms with E-state index in [0.29, 0.717) is 49.2 Å². The van der Waals surface area contributed by atoms with Gasteiger partial charge >= 0.3 is 0 Å². The van der Waals surface area contributed by atoms with E-state index >= 15 is 0 Å². The van der Waals surface area contributed by atoms with E-state index in [1.807, 2.05) is 11.0 Å². The molecule has 9 nitrogen and oxygen atoms in total. The lowest BCUT2D eigenvalue weighted by Crippen LogP contribution is -2.36. The first-order valence-electron chi connectivity index (χ1n) is 9.77. The molecule has 1 aromatic heterocycles. The zero-order valence-corrected chi connectivity index (χ0v) is 16.6. The predicted octanol–water partition coefficient (Wildman–Crippen LogP) is 3.44. The van der Waals surface area contributed by atoms with E-state index in [1.165, 1.54) is 6.07 Å². The number of benzene rings is 2. The topological polar surface area (TPSA) is 118 Å². The van der Waals surface area contributed by atoms with Crippen LogP contribution in [0.3, 0.4) is 0 Å². The third-order valence-electron chi connectivity index (χ3n) is 5.01. The summed E-state index contributed by atoms with van der Waals surface area (Å²) in [5, 5.41) is 23.5. The molecule has 0 aliphatic carbocycles. The Morgan fingerprint density at radius 1 is 1.13 bits per heavy atom. The number of aliphatic hydroxyl groups is 1. The van der Waals surface area contributed by atoms with Crippen LogP contribution in [0.15, 0.2) is 59.0 Å². The van der Waals surface area contributed by atoms with Crippen LogP contribution >= 0.6 is 0 Å². The average molecular weight is 423 g/mol. The number of nitro benzene ring substituents is 1. The molecule has 1 aliphatic rings. The summed E-state index contributed by atoms with van der Waals surface area (Å²) in [7, 11) is 0. The quantitative estimate of drug-likeness (QED) is 0.461. The molecular formula is C22H21N3O6. The average Bonchev–Trinajstić information content (AvgIpc) is 3.29. The summed E-state index contributed by atoms with van der Waals surface area (Å²) in [6.07, 6.45) is 0. The van der Waals surface area contributed by atoms with Gasteiger partial charge < -0.3 is 24.5 Å². The number of carbonyl (C=O) groups excluding carboxylic acids is 1. The van der Waals surface area contributed by atoms with Crippen LogP contribution in [0.5, 0.6) is 0 Å². The summed E-state index contributed by atoms with van der Waals surface area (Å²) in [6, 6.07) is 14.9. The lowest BCUT2D eigenvalue weighted by Gasteiger charge is -2.28. The van der Waals surface area contributed by atoms with Crippen LogP contribution in [0.4, 0.5) is 17.1 Å². The highest BCUT2D eigenvalue weighted by Crippen LogP contribution is 2.30. The highest BCUT2D eigenvalue weighted by Gasteiger charge is 2.23. The second kappa shape index (κ2) is 8.99. The number of rotatable bonds is 6. The van der Waals surface area contributed by atoms with Gasteiger partial charge in [0.05, 0.1) is 18.1 Å². The Morgan fingerprint density at radius 2 is 1.94 bits per heavy atom. The minimum atomic E-state index is -0.474. The van der Waals surface area contributed by atoms with E-state index in [-0.39, 0.29) is 17.9 Å². The summed E-state index contributed by atoms with van der Waals surface area (Å²) in [4.78, 5) is 25.8. The first-order valence-corrected chi connectivity index (χ1v) is 9.77. The zero-order valence-electron chi connectivity index (χ0n) is 16.6. The minimum Gasteiger partial charge on any atom is -0.459 e. The zero-order chi connectivity index (χ0) is 21.8. The van der Waals surface area contributed by atoms with E-state index < -0.39 is 10.8 Å². The Morgan fingerprint density at radius 3 is 2.65 bits per heavy atom. The number of ether oxygens (including phenoxy) is 1. The molecule has 160 valence electrons. The van der Waals surface area contributed by atoms with Gasteiger partial charge in [-0.3, -0.25) is 14.9 Å². The van der Waals surface area contributed by atoms with Gasteiger partial charge in [-0.15, -0.1) is 0 Å². The molecule has 4 rings (SSSR count). The van der Waals surface area contributed by atoms with Gasteiger partial charge in [-0.25, -0.2) is 0 Å². The number of nitro groups is 1. The Kier molecular flexibility index (Phi) is 5.96. The molecule has 3 aromatic rings. The maximum Gasteiger partial charge on any atom is 0.293 e. The number of carbonyl (C=O) groups is 1. The normalized spacial score (nSPS) is 13.8. The van der Waals surface area contributed by atoms with Crippen molar-refractivity contribution in [3.05, 3.63) is 76.0 Å². The van der Waals surface area contributed by atoms with Gasteiger partial charge in [0.2, 0.25) is 0 Å². The van der Waals surface area contributed by atoms with Crippen LogP contribution in [-0.4, -0.2) is 42.2 Å². The Hall–Kier alpha value is -3.69. The number of anilines is 2. The van der Waals surface area contributed by atoms with Gasteiger partial charge in [0.1, 0.15) is 23.8 Å². The lowest BCUT2D eigenvalue weighted by molar-refractivity contribution is -0.384. The fraction of sp³-hybridized carbons (Fsp3) is 0.227. The second-order valence-electron chi connectivity index (χ2n) is 7.02.